The molecule has 0 bridgehead atoms. The quantitative estimate of drug-likeness (QED) is 0.838. The minimum absolute atomic E-state index is 0.0663. The Labute approximate surface area is 135 Å². The van der Waals surface area contributed by atoms with Gasteiger partial charge in [-0.25, -0.2) is 4.98 Å². The molecule has 1 saturated heterocycles. The van der Waals surface area contributed by atoms with Crippen LogP contribution in [-0.2, 0) is 4.74 Å². The summed E-state index contributed by atoms with van der Waals surface area (Å²) in [5.41, 5.74) is 0. The van der Waals surface area contributed by atoms with Crippen molar-refractivity contribution in [2.75, 3.05) is 43.1 Å². The predicted molar refractivity (Wildman–Crippen MR) is 86.7 cm³/mol. The molecule has 0 radical (unpaired) electrons. The normalized spacial score (nSPS) is 16.3. The van der Waals surface area contributed by atoms with Crippen molar-refractivity contribution in [2.45, 2.75) is 25.9 Å². The number of hydrogen-bond donors (Lipinski definition) is 2. The van der Waals surface area contributed by atoms with E-state index < -0.39 is 0 Å². The lowest BCUT2D eigenvalue weighted by Gasteiger charge is -2.33. The summed E-state index contributed by atoms with van der Waals surface area (Å²) in [5.74, 6) is 1.43. The first-order valence-electron chi connectivity index (χ1n) is 7.23. The molecular weight excluding hydrogens is 313 g/mol. The number of halogens is 2. The molecule has 21 heavy (non-hydrogen) atoms. The van der Waals surface area contributed by atoms with Gasteiger partial charge in [-0.2, -0.15) is 0 Å². The molecule has 0 saturated carbocycles. The number of rotatable bonds is 6. The van der Waals surface area contributed by atoms with E-state index in [1.807, 2.05) is 6.92 Å². The summed E-state index contributed by atoms with van der Waals surface area (Å²) in [4.78, 5) is 6.69. The second-order valence-corrected chi connectivity index (χ2v) is 5.75. The third-order valence-corrected chi connectivity index (χ3v) is 4.01. The number of aliphatic hydroxyl groups is 1. The Morgan fingerprint density at radius 1 is 1.38 bits per heavy atom. The number of nitrogens with zero attached hydrogens (tertiary/aromatic N) is 2. The Morgan fingerprint density at radius 2 is 2.10 bits per heavy atom. The van der Waals surface area contributed by atoms with Crippen molar-refractivity contribution >= 4 is 34.8 Å². The van der Waals surface area contributed by atoms with E-state index in [1.165, 1.54) is 0 Å². The van der Waals surface area contributed by atoms with Crippen LogP contribution >= 0.6 is 23.2 Å². The van der Waals surface area contributed by atoms with Gasteiger partial charge in [-0.15, -0.1) is 0 Å². The number of anilines is 2. The summed E-state index contributed by atoms with van der Waals surface area (Å²) in [5, 5.41) is 13.0. The van der Waals surface area contributed by atoms with Crippen LogP contribution in [0.1, 0.15) is 19.8 Å². The zero-order valence-electron chi connectivity index (χ0n) is 12.1. The van der Waals surface area contributed by atoms with Crippen LogP contribution in [0.5, 0.6) is 0 Å². The molecule has 7 heteroatoms. The molecule has 118 valence electrons. The monoisotopic (exact) mass is 333 g/mol. The molecule has 0 atom stereocenters. The average Bonchev–Trinajstić information content (AvgIpc) is 2.49. The van der Waals surface area contributed by atoms with Crippen LogP contribution in [0.25, 0.3) is 0 Å². The first-order chi connectivity index (χ1) is 10.2. The lowest BCUT2D eigenvalue weighted by Crippen LogP contribution is -2.38. The molecular formula is C14H21Cl2N3O2. The van der Waals surface area contributed by atoms with Gasteiger partial charge in [-0.3, -0.25) is 0 Å². The van der Waals surface area contributed by atoms with Crippen molar-refractivity contribution < 1.29 is 9.84 Å². The van der Waals surface area contributed by atoms with Crippen molar-refractivity contribution in [1.29, 1.82) is 0 Å². The van der Waals surface area contributed by atoms with Gasteiger partial charge in [-0.1, -0.05) is 23.2 Å². The average molecular weight is 334 g/mol. The lowest BCUT2D eigenvalue weighted by atomic mass is 10.1. The van der Waals surface area contributed by atoms with E-state index >= 15 is 0 Å². The predicted octanol–water partition coefficient (Wildman–Crippen LogP) is 2.80. The second kappa shape index (κ2) is 8.03. The third kappa shape index (κ3) is 4.36. The van der Waals surface area contributed by atoms with Gasteiger partial charge in [0.25, 0.3) is 0 Å². The molecule has 0 spiro atoms. The maximum atomic E-state index is 8.79. The van der Waals surface area contributed by atoms with E-state index in [1.54, 1.807) is 6.07 Å². The second-order valence-electron chi connectivity index (χ2n) is 4.94. The molecule has 1 aromatic heterocycles. The standard InChI is InChI=1S/C14H21Cl2N3O2/c1-2-17-13-11(15)9-12(16)14(18-13)19-5-3-10(4-6-19)21-8-7-20/h9-10,20H,2-8H2,1H3,(H,17,18). The Kier molecular flexibility index (Phi) is 6.36. The topological polar surface area (TPSA) is 57.6 Å². The smallest absolute Gasteiger partial charge is 0.149 e. The largest absolute Gasteiger partial charge is 0.394 e. The van der Waals surface area contributed by atoms with Crippen LogP contribution < -0.4 is 10.2 Å². The van der Waals surface area contributed by atoms with Gasteiger partial charge in [0.1, 0.15) is 11.6 Å². The fourth-order valence-corrected chi connectivity index (χ4v) is 2.97. The zero-order valence-corrected chi connectivity index (χ0v) is 13.6. The van der Waals surface area contributed by atoms with E-state index in [2.05, 4.69) is 15.2 Å². The summed E-state index contributed by atoms with van der Waals surface area (Å²) in [6.07, 6.45) is 2.00. The van der Waals surface area contributed by atoms with Gasteiger partial charge in [0, 0.05) is 19.6 Å². The van der Waals surface area contributed by atoms with E-state index in [0.29, 0.717) is 22.5 Å². The van der Waals surface area contributed by atoms with Crippen LogP contribution in [0.3, 0.4) is 0 Å². The Balaban J connectivity index is 2.04. The van der Waals surface area contributed by atoms with Crippen molar-refractivity contribution in [3.05, 3.63) is 16.1 Å². The molecule has 2 heterocycles. The van der Waals surface area contributed by atoms with E-state index in [4.69, 9.17) is 33.0 Å². The van der Waals surface area contributed by atoms with Gasteiger partial charge >= 0.3 is 0 Å². The molecule has 2 rings (SSSR count). The van der Waals surface area contributed by atoms with Crippen molar-refractivity contribution in [1.82, 2.24) is 4.98 Å². The summed E-state index contributed by atoms with van der Waals surface area (Å²) >= 11 is 12.4. The highest BCUT2D eigenvalue weighted by molar-refractivity contribution is 6.37. The highest BCUT2D eigenvalue weighted by atomic mass is 35.5. The minimum atomic E-state index is 0.0663. The Morgan fingerprint density at radius 3 is 2.71 bits per heavy atom. The SMILES string of the molecule is CCNc1nc(N2CCC(OCCO)CC2)c(Cl)cc1Cl. The molecule has 2 N–H and O–H groups in total. The molecule has 1 fully saturated rings. The van der Waals surface area contributed by atoms with Crippen molar-refractivity contribution in [3.63, 3.8) is 0 Å². The molecule has 1 aliphatic rings. The van der Waals surface area contributed by atoms with Crippen LogP contribution in [0.15, 0.2) is 6.07 Å². The summed E-state index contributed by atoms with van der Waals surface area (Å²) in [6, 6.07) is 1.73. The van der Waals surface area contributed by atoms with Crippen molar-refractivity contribution in [2.24, 2.45) is 0 Å². The highest BCUT2D eigenvalue weighted by Gasteiger charge is 2.23. The van der Waals surface area contributed by atoms with Crippen LogP contribution in [0, 0.1) is 0 Å². The third-order valence-electron chi connectivity index (χ3n) is 3.44. The Hall–Kier alpha value is -0.750. The Bertz CT molecular complexity index is 466. The summed E-state index contributed by atoms with van der Waals surface area (Å²) in [7, 11) is 0. The van der Waals surface area contributed by atoms with Crippen molar-refractivity contribution in [3.8, 4) is 0 Å². The number of piperidine rings is 1. The van der Waals surface area contributed by atoms with E-state index in [9.17, 15) is 0 Å². The zero-order chi connectivity index (χ0) is 15.2. The number of aromatic nitrogens is 1. The highest BCUT2D eigenvalue weighted by Crippen LogP contribution is 2.33. The molecule has 0 aliphatic carbocycles. The van der Waals surface area contributed by atoms with Gasteiger partial charge < -0.3 is 20.1 Å². The number of aliphatic hydroxyl groups excluding tert-OH is 1. The fourth-order valence-electron chi connectivity index (χ4n) is 2.42. The molecule has 1 aliphatic heterocycles. The van der Waals surface area contributed by atoms with E-state index in [-0.39, 0.29) is 12.7 Å². The van der Waals surface area contributed by atoms with E-state index in [0.717, 1.165) is 38.3 Å². The number of pyridine rings is 1. The molecule has 5 nitrogen and oxygen atoms in total. The van der Waals surface area contributed by atoms with Crippen LogP contribution in [0.4, 0.5) is 11.6 Å². The first kappa shape index (κ1) is 16.6. The molecule has 0 amide bonds. The summed E-state index contributed by atoms with van der Waals surface area (Å²) in [6.45, 7) is 4.87. The number of ether oxygens (including phenoxy) is 1. The van der Waals surface area contributed by atoms with Gasteiger partial charge in [0.15, 0.2) is 0 Å². The lowest BCUT2D eigenvalue weighted by molar-refractivity contribution is 0.0158. The van der Waals surface area contributed by atoms with Crippen LogP contribution in [0.2, 0.25) is 10.0 Å². The minimum Gasteiger partial charge on any atom is -0.394 e. The van der Waals surface area contributed by atoms with Gasteiger partial charge in [0.05, 0.1) is 29.4 Å². The van der Waals surface area contributed by atoms with Gasteiger partial charge in [0.2, 0.25) is 0 Å². The molecule has 0 unspecified atom stereocenters. The molecule has 1 aromatic rings. The summed E-state index contributed by atoms with van der Waals surface area (Å²) < 4.78 is 5.56. The maximum Gasteiger partial charge on any atom is 0.149 e. The number of hydrogen-bond acceptors (Lipinski definition) is 5. The van der Waals surface area contributed by atoms with Gasteiger partial charge in [-0.05, 0) is 25.8 Å². The number of nitrogens with one attached hydrogen (secondary N) is 1. The van der Waals surface area contributed by atoms with Crippen LogP contribution in [-0.4, -0.2) is 49.0 Å². The molecule has 0 aromatic carbocycles. The first-order valence-corrected chi connectivity index (χ1v) is 7.98. The fraction of sp³-hybridized carbons (Fsp3) is 0.643. The maximum absolute atomic E-state index is 8.79.